The standard InChI is InChI=1S/C18H19FN4O2/c1-21-11-15(10-20-21)23-8-6-18(17(23)25)5-7-22(12-18)16(24)13-3-2-4-14(19)9-13/h2-4,9-11H,5-8,12H2,1H3/t18-/m0/s1. The zero-order valence-electron chi connectivity index (χ0n) is 14.0. The summed E-state index contributed by atoms with van der Waals surface area (Å²) in [5.74, 6) is -0.599. The van der Waals surface area contributed by atoms with Gasteiger partial charge in [0.25, 0.3) is 5.91 Å². The second kappa shape index (κ2) is 5.68. The van der Waals surface area contributed by atoms with Crippen LogP contribution in [-0.2, 0) is 11.8 Å². The first-order chi connectivity index (χ1) is 12.0. The third-order valence-electron chi connectivity index (χ3n) is 5.23. The van der Waals surface area contributed by atoms with Crippen LogP contribution in [0.1, 0.15) is 23.2 Å². The monoisotopic (exact) mass is 342 g/mol. The Bertz CT molecular complexity index is 849. The van der Waals surface area contributed by atoms with Crippen molar-refractivity contribution in [2.75, 3.05) is 24.5 Å². The zero-order chi connectivity index (χ0) is 17.6. The van der Waals surface area contributed by atoms with Gasteiger partial charge in [0.2, 0.25) is 5.91 Å². The number of benzene rings is 1. The lowest BCUT2D eigenvalue weighted by molar-refractivity contribution is -0.124. The summed E-state index contributed by atoms with van der Waals surface area (Å²) in [5.41, 5.74) is 0.588. The third-order valence-corrected chi connectivity index (χ3v) is 5.23. The second-order valence-corrected chi connectivity index (χ2v) is 6.85. The Kier molecular flexibility index (Phi) is 3.59. The summed E-state index contributed by atoms with van der Waals surface area (Å²) in [6.07, 6.45) is 4.86. The van der Waals surface area contributed by atoms with Crippen LogP contribution in [0.2, 0.25) is 0 Å². The van der Waals surface area contributed by atoms with Gasteiger partial charge in [0.05, 0.1) is 17.3 Å². The number of rotatable bonds is 2. The summed E-state index contributed by atoms with van der Waals surface area (Å²) in [6.45, 7) is 1.53. The Labute approximate surface area is 144 Å². The highest BCUT2D eigenvalue weighted by Crippen LogP contribution is 2.42. The molecule has 2 aliphatic heterocycles. The predicted molar refractivity (Wildman–Crippen MR) is 89.5 cm³/mol. The van der Waals surface area contributed by atoms with Crippen molar-refractivity contribution < 1.29 is 14.0 Å². The minimum Gasteiger partial charge on any atom is -0.338 e. The first-order valence-corrected chi connectivity index (χ1v) is 8.34. The Morgan fingerprint density at radius 3 is 2.80 bits per heavy atom. The van der Waals surface area contributed by atoms with Gasteiger partial charge in [-0.05, 0) is 31.0 Å². The quantitative estimate of drug-likeness (QED) is 0.837. The van der Waals surface area contributed by atoms with E-state index in [1.54, 1.807) is 26.7 Å². The number of likely N-dealkylation sites (tertiary alicyclic amines) is 1. The van der Waals surface area contributed by atoms with E-state index in [0.29, 0.717) is 38.0 Å². The molecule has 2 aliphatic rings. The van der Waals surface area contributed by atoms with Crippen LogP contribution in [0.15, 0.2) is 36.7 Å². The Hall–Kier alpha value is -2.70. The molecule has 1 aromatic carbocycles. The lowest BCUT2D eigenvalue weighted by Crippen LogP contribution is -2.38. The van der Waals surface area contributed by atoms with E-state index in [1.165, 1.54) is 18.2 Å². The molecular formula is C18H19FN4O2. The molecule has 0 unspecified atom stereocenters. The Morgan fingerprint density at radius 1 is 1.28 bits per heavy atom. The van der Waals surface area contributed by atoms with Gasteiger partial charge in [-0.2, -0.15) is 5.10 Å². The van der Waals surface area contributed by atoms with Crippen LogP contribution in [0.25, 0.3) is 0 Å². The van der Waals surface area contributed by atoms with Gasteiger partial charge >= 0.3 is 0 Å². The lowest BCUT2D eigenvalue weighted by Gasteiger charge is -2.23. The summed E-state index contributed by atoms with van der Waals surface area (Å²) in [6, 6.07) is 5.69. The second-order valence-electron chi connectivity index (χ2n) is 6.85. The van der Waals surface area contributed by atoms with Gasteiger partial charge in [0.15, 0.2) is 0 Å². The van der Waals surface area contributed by atoms with Crippen molar-refractivity contribution in [3.05, 3.63) is 48.0 Å². The molecule has 0 N–H and O–H groups in total. The average molecular weight is 342 g/mol. The number of aromatic nitrogens is 2. The molecule has 0 aliphatic carbocycles. The van der Waals surface area contributed by atoms with Crippen molar-refractivity contribution in [2.24, 2.45) is 12.5 Å². The van der Waals surface area contributed by atoms with Crippen molar-refractivity contribution in [3.8, 4) is 0 Å². The van der Waals surface area contributed by atoms with E-state index < -0.39 is 11.2 Å². The molecule has 0 saturated carbocycles. The van der Waals surface area contributed by atoms with Gasteiger partial charge in [0.1, 0.15) is 5.82 Å². The number of hydrogen-bond acceptors (Lipinski definition) is 3. The van der Waals surface area contributed by atoms with Gasteiger partial charge in [-0.1, -0.05) is 6.07 Å². The minimum absolute atomic E-state index is 0.0510. The fourth-order valence-corrected chi connectivity index (χ4v) is 3.84. The van der Waals surface area contributed by atoms with Crippen LogP contribution in [0.4, 0.5) is 10.1 Å². The summed E-state index contributed by atoms with van der Waals surface area (Å²) in [4.78, 5) is 29.0. The molecule has 2 fully saturated rings. The van der Waals surface area contributed by atoms with Crippen molar-refractivity contribution in [1.82, 2.24) is 14.7 Å². The van der Waals surface area contributed by atoms with Gasteiger partial charge in [-0.15, -0.1) is 0 Å². The highest BCUT2D eigenvalue weighted by atomic mass is 19.1. The average Bonchev–Trinajstić information content (AvgIpc) is 3.29. The van der Waals surface area contributed by atoms with Crippen LogP contribution >= 0.6 is 0 Å². The van der Waals surface area contributed by atoms with Crippen molar-refractivity contribution in [1.29, 1.82) is 0 Å². The molecule has 0 radical (unpaired) electrons. The van der Waals surface area contributed by atoms with Crippen molar-refractivity contribution in [2.45, 2.75) is 12.8 Å². The Morgan fingerprint density at radius 2 is 2.08 bits per heavy atom. The largest absolute Gasteiger partial charge is 0.338 e. The highest BCUT2D eigenvalue weighted by Gasteiger charge is 2.52. The molecule has 6 nitrogen and oxygen atoms in total. The van der Waals surface area contributed by atoms with Crippen molar-refractivity contribution >= 4 is 17.5 Å². The molecular weight excluding hydrogens is 323 g/mol. The fraction of sp³-hybridized carbons (Fsp3) is 0.389. The SMILES string of the molecule is Cn1cc(N2CC[C@]3(CCN(C(=O)c4cccc(F)c4)C3)C2=O)cn1. The van der Waals surface area contributed by atoms with E-state index in [0.717, 1.165) is 5.69 Å². The maximum Gasteiger partial charge on any atom is 0.253 e. The van der Waals surface area contributed by atoms with Gasteiger partial charge in [-0.25, -0.2) is 4.39 Å². The van der Waals surface area contributed by atoms with Gasteiger partial charge in [-0.3, -0.25) is 14.3 Å². The van der Waals surface area contributed by atoms with E-state index in [4.69, 9.17) is 0 Å². The van der Waals surface area contributed by atoms with E-state index in [-0.39, 0.29) is 11.8 Å². The molecule has 25 heavy (non-hydrogen) atoms. The maximum absolute atomic E-state index is 13.4. The molecule has 1 spiro atoms. The molecule has 1 atom stereocenters. The topological polar surface area (TPSA) is 58.4 Å². The van der Waals surface area contributed by atoms with Crippen LogP contribution in [0.3, 0.4) is 0 Å². The van der Waals surface area contributed by atoms with E-state index in [9.17, 15) is 14.0 Å². The predicted octanol–water partition coefficient (Wildman–Crippen LogP) is 1.83. The number of amides is 2. The summed E-state index contributed by atoms with van der Waals surface area (Å²) >= 11 is 0. The molecule has 2 aromatic rings. The molecule has 2 amide bonds. The first-order valence-electron chi connectivity index (χ1n) is 8.34. The highest BCUT2D eigenvalue weighted by molar-refractivity contribution is 6.01. The minimum atomic E-state index is -0.529. The summed E-state index contributed by atoms with van der Waals surface area (Å²) in [5, 5.41) is 4.12. The van der Waals surface area contributed by atoms with Gasteiger partial charge in [0, 0.05) is 38.4 Å². The molecule has 130 valence electrons. The smallest absolute Gasteiger partial charge is 0.253 e. The number of carbonyl (C=O) groups excluding carboxylic acids is 2. The van der Waals surface area contributed by atoms with Crippen LogP contribution < -0.4 is 4.90 Å². The number of hydrogen-bond donors (Lipinski definition) is 0. The lowest BCUT2D eigenvalue weighted by atomic mass is 9.85. The van der Waals surface area contributed by atoms with E-state index in [2.05, 4.69) is 5.10 Å². The van der Waals surface area contributed by atoms with Crippen molar-refractivity contribution in [3.63, 3.8) is 0 Å². The van der Waals surface area contributed by atoms with Crippen LogP contribution in [0.5, 0.6) is 0 Å². The fourth-order valence-electron chi connectivity index (χ4n) is 3.84. The number of nitrogens with zero attached hydrogens (tertiary/aromatic N) is 4. The van der Waals surface area contributed by atoms with Crippen LogP contribution in [-0.4, -0.2) is 46.1 Å². The normalized spacial score (nSPS) is 23.0. The molecule has 1 aromatic heterocycles. The molecule has 4 rings (SSSR count). The molecule has 7 heteroatoms. The van der Waals surface area contributed by atoms with Gasteiger partial charge < -0.3 is 9.80 Å². The maximum atomic E-state index is 13.4. The van der Waals surface area contributed by atoms with Crippen LogP contribution in [0, 0.1) is 11.2 Å². The third kappa shape index (κ3) is 2.59. The molecule has 2 saturated heterocycles. The number of halogens is 1. The number of anilines is 1. The first kappa shape index (κ1) is 15.8. The number of carbonyl (C=O) groups is 2. The van der Waals surface area contributed by atoms with E-state index in [1.807, 2.05) is 13.2 Å². The zero-order valence-corrected chi connectivity index (χ0v) is 14.0. The summed E-state index contributed by atoms with van der Waals surface area (Å²) in [7, 11) is 1.81. The molecule has 3 heterocycles. The van der Waals surface area contributed by atoms with E-state index >= 15 is 0 Å². The number of aryl methyl sites for hydroxylation is 1. The summed E-state index contributed by atoms with van der Waals surface area (Å²) < 4.78 is 15.0. The Balaban J connectivity index is 1.52. The molecule has 0 bridgehead atoms.